The van der Waals surface area contributed by atoms with Crippen LogP contribution in [0.2, 0.25) is 0 Å². The van der Waals surface area contributed by atoms with Crippen LogP contribution in [0, 0.1) is 0 Å². The molecule has 0 saturated carbocycles. The fourth-order valence-corrected chi connectivity index (χ4v) is 0.847. The summed E-state index contributed by atoms with van der Waals surface area (Å²) in [5.41, 5.74) is 4.74. The standard InChI is InChI=1S/C5H13ClN2O2/c1-10-8-5(2-6,3-7)4-9/h8-9H,2-4,7H2,1H3/p+2. The third kappa shape index (κ3) is 2.40. The fraction of sp³-hybridized carbons (Fsp3) is 1.00. The largest absolute Gasteiger partial charge is 0.389 e. The number of quaternary nitrogens is 2. The van der Waals surface area contributed by atoms with E-state index in [1.807, 2.05) is 0 Å². The molecule has 0 spiro atoms. The first-order valence-electron chi connectivity index (χ1n) is 3.08. The van der Waals surface area contributed by atoms with Gasteiger partial charge in [-0.15, -0.1) is 11.6 Å². The maximum absolute atomic E-state index is 8.87. The van der Waals surface area contributed by atoms with E-state index in [0.29, 0.717) is 12.4 Å². The Morgan fingerprint density at radius 1 is 1.80 bits per heavy atom. The molecule has 0 fully saturated rings. The summed E-state index contributed by atoms with van der Waals surface area (Å²) in [5.74, 6) is 0.334. The number of aliphatic hydroxyl groups is 1. The number of aliphatic hydroxyl groups excluding tert-OH is 1. The topological polar surface area (TPSA) is 73.7 Å². The van der Waals surface area contributed by atoms with Crippen LogP contribution in [-0.2, 0) is 4.84 Å². The Hall–Kier alpha value is 0.130. The van der Waals surface area contributed by atoms with Gasteiger partial charge in [-0.2, -0.15) is 5.48 Å². The van der Waals surface area contributed by atoms with Crippen LogP contribution in [0.25, 0.3) is 0 Å². The number of hydrogen-bond acceptors (Lipinski definition) is 2. The smallest absolute Gasteiger partial charge is 0.211 e. The van der Waals surface area contributed by atoms with Gasteiger partial charge in [0.1, 0.15) is 13.2 Å². The molecule has 0 amide bonds. The first-order valence-corrected chi connectivity index (χ1v) is 3.61. The van der Waals surface area contributed by atoms with Crippen molar-refractivity contribution in [3.63, 3.8) is 0 Å². The van der Waals surface area contributed by atoms with Crippen LogP contribution < -0.4 is 11.2 Å². The number of alkyl halides is 1. The number of halogens is 1. The van der Waals surface area contributed by atoms with Gasteiger partial charge in [0.25, 0.3) is 0 Å². The highest BCUT2D eigenvalue weighted by Gasteiger charge is 2.34. The molecule has 0 rings (SSSR count). The lowest BCUT2D eigenvalue weighted by atomic mass is 10.1. The van der Waals surface area contributed by atoms with Gasteiger partial charge in [0.2, 0.25) is 5.54 Å². The highest BCUT2D eigenvalue weighted by molar-refractivity contribution is 6.18. The summed E-state index contributed by atoms with van der Waals surface area (Å²) in [6, 6.07) is 0. The summed E-state index contributed by atoms with van der Waals surface area (Å²) in [5, 5.41) is 8.87. The van der Waals surface area contributed by atoms with E-state index in [-0.39, 0.29) is 6.61 Å². The zero-order valence-corrected chi connectivity index (χ0v) is 6.90. The second kappa shape index (κ2) is 4.87. The Bertz CT molecular complexity index is 79.5. The van der Waals surface area contributed by atoms with E-state index in [1.54, 1.807) is 0 Å². The van der Waals surface area contributed by atoms with E-state index < -0.39 is 5.54 Å². The van der Waals surface area contributed by atoms with Crippen molar-refractivity contribution in [2.75, 3.05) is 26.1 Å². The van der Waals surface area contributed by atoms with E-state index in [4.69, 9.17) is 21.5 Å². The van der Waals surface area contributed by atoms with Crippen molar-refractivity contribution >= 4 is 11.6 Å². The maximum Gasteiger partial charge on any atom is 0.211 e. The third-order valence-corrected chi connectivity index (χ3v) is 1.98. The lowest BCUT2D eigenvalue weighted by Crippen LogP contribution is -3.01. The van der Waals surface area contributed by atoms with Gasteiger partial charge in [-0.3, -0.25) is 0 Å². The van der Waals surface area contributed by atoms with E-state index in [0.717, 1.165) is 0 Å². The molecule has 0 aliphatic rings. The molecule has 0 aromatic heterocycles. The van der Waals surface area contributed by atoms with Gasteiger partial charge < -0.3 is 10.8 Å². The van der Waals surface area contributed by atoms with Crippen molar-refractivity contribution < 1.29 is 21.2 Å². The molecule has 10 heavy (non-hydrogen) atoms. The Morgan fingerprint density at radius 3 is 2.50 bits per heavy atom. The minimum absolute atomic E-state index is 0.0200. The molecule has 0 saturated heterocycles. The molecular formula is C5H15ClN2O2+2. The number of nitrogens with two attached hydrogens (primary N) is 1. The lowest BCUT2D eigenvalue weighted by molar-refractivity contribution is -0.941. The van der Waals surface area contributed by atoms with Crippen molar-refractivity contribution in [2.24, 2.45) is 0 Å². The normalized spacial score (nSPS) is 16.8. The summed E-state index contributed by atoms with van der Waals surface area (Å²) in [4.78, 5) is 4.77. The summed E-state index contributed by atoms with van der Waals surface area (Å²) in [7, 11) is 1.53. The zero-order valence-electron chi connectivity index (χ0n) is 6.14. The molecule has 0 radical (unpaired) electrons. The van der Waals surface area contributed by atoms with E-state index in [9.17, 15) is 0 Å². The number of rotatable bonds is 5. The third-order valence-electron chi connectivity index (χ3n) is 1.45. The Kier molecular flexibility index (Phi) is 4.93. The van der Waals surface area contributed by atoms with E-state index in [2.05, 4.69) is 5.73 Å². The van der Waals surface area contributed by atoms with E-state index >= 15 is 0 Å². The van der Waals surface area contributed by atoms with E-state index in [1.165, 1.54) is 12.6 Å². The van der Waals surface area contributed by atoms with Crippen molar-refractivity contribution in [1.82, 2.24) is 0 Å². The van der Waals surface area contributed by atoms with Crippen LogP contribution in [0.15, 0.2) is 0 Å². The second-order valence-electron chi connectivity index (χ2n) is 2.26. The van der Waals surface area contributed by atoms with Crippen LogP contribution in [0.5, 0.6) is 0 Å². The highest BCUT2D eigenvalue weighted by Crippen LogP contribution is 1.95. The second-order valence-corrected chi connectivity index (χ2v) is 2.52. The molecule has 62 valence electrons. The molecule has 1 atom stereocenters. The molecule has 0 aromatic rings. The highest BCUT2D eigenvalue weighted by atomic mass is 35.5. The first kappa shape index (κ1) is 10.1. The van der Waals surface area contributed by atoms with Crippen LogP contribution in [0.4, 0.5) is 0 Å². The van der Waals surface area contributed by atoms with Gasteiger partial charge in [0.15, 0.2) is 0 Å². The van der Waals surface area contributed by atoms with Gasteiger partial charge in [0.05, 0.1) is 13.0 Å². The lowest BCUT2D eigenvalue weighted by Gasteiger charge is -2.20. The molecular weight excluding hydrogens is 156 g/mol. The summed E-state index contributed by atoms with van der Waals surface area (Å²) >= 11 is 5.59. The Balaban J connectivity index is 3.87. The zero-order chi connectivity index (χ0) is 8.04. The number of hydrogen-bond donors (Lipinski definition) is 3. The Labute approximate surface area is 65.3 Å². The predicted molar refractivity (Wildman–Crippen MR) is 37.2 cm³/mol. The SMILES string of the molecule is CO[NH2+]C(C[NH3+])(CO)CCl. The predicted octanol–water partition coefficient (Wildman–Crippen LogP) is -2.68. The van der Waals surface area contributed by atoms with Gasteiger partial charge >= 0.3 is 0 Å². The molecule has 5 heteroatoms. The van der Waals surface area contributed by atoms with Crippen molar-refractivity contribution in [3.8, 4) is 0 Å². The van der Waals surface area contributed by atoms with Gasteiger partial charge in [-0.1, -0.05) is 0 Å². The minimum atomic E-state index is -0.462. The molecule has 0 bridgehead atoms. The van der Waals surface area contributed by atoms with Crippen molar-refractivity contribution in [2.45, 2.75) is 5.54 Å². The average Bonchev–Trinajstić information content (AvgIpc) is 2.01. The minimum Gasteiger partial charge on any atom is -0.389 e. The molecule has 4 nitrogen and oxygen atoms in total. The molecule has 0 heterocycles. The van der Waals surface area contributed by atoms with Gasteiger partial charge in [-0.05, 0) is 0 Å². The Morgan fingerprint density at radius 2 is 2.40 bits per heavy atom. The van der Waals surface area contributed by atoms with Crippen LogP contribution in [0.3, 0.4) is 0 Å². The summed E-state index contributed by atoms with van der Waals surface area (Å²) in [6.45, 7) is 0.522. The summed E-state index contributed by atoms with van der Waals surface area (Å²) in [6.07, 6.45) is 0. The van der Waals surface area contributed by atoms with Crippen molar-refractivity contribution in [1.29, 1.82) is 0 Å². The average molecular weight is 171 g/mol. The van der Waals surface area contributed by atoms with Gasteiger partial charge in [-0.25, -0.2) is 4.84 Å². The van der Waals surface area contributed by atoms with Crippen molar-refractivity contribution in [3.05, 3.63) is 0 Å². The monoisotopic (exact) mass is 170 g/mol. The quantitative estimate of drug-likeness (QED) is 0.311. The molecule has 1 unspecified atom stereocenters. The first-order chi connectivity index (χ1) is 4.74. The molecule has 0 aliphatic carbocycles. The molecule has 0 aliphatic heterocycles. The van der Waals surface area contributed by atoms with Crippen LogP contribution in [-0.4, -0.2) is 36.8 Å². The molecule has 6 N–H and O–H groups in total. The van der Waals surface area contributed by atoms with Crippen LogP contribution in [0.1, 0.15) is 0 Å². The van der Waals surface area contributed by atoms with Crippen LogP contribution >= 0.6 is 11.6 Å². The summed E-state index contributed by atoms with van der Waals surface area (Å²) < 4.78 is 0. The maximum atomic E-state index is 8.87. The van der Waals surface area contributed by atoms with Gasteiger partial charge in [0, 0.05) is 0 Å². The fourth-order valence-electron chi connectivity index (χ4n) is 0.566. The number of hydroxylamine groups is 1. The molecule has 0 aromatic carbocycles.